The van der Waals surface area contributed by atoms with E-state index in [1.807, 2.05) is 19.9 Å². The highest BCUT2D eigenvalue weighted by molar-refractivity contribution is 5.91. The molecule has 1 N–H and O–H groups in total. The van der Waals surface area contributed by atoms with Crippen LogP contribution in [0.5, 0.6) is 5.75 Å². The Kier molecular flexibility index (Phi) is 6.23. The Bertz CT molecular complexity index is 1100. The second-order valence-electron chi connectivity index (χ2n) is 7.99. The lowest BCUT2D eigenvalue weighted by Gasteiger charge is -2.31. The molecule has 1 saturated heterocycles. The van der Waals surface area contributed by atoms with Crippen molar-refractivity contribution in [2.45, 2.75) is 27.0 Å². The molecule has 162 valence electrons. The summed E-state index contributed by atoms with van der Waals surface area (Å²) in [6, 6.07) is 11.1. The van der Waals surface area contributed by atoms with E-state index in [4.69, 9.17) is 13.6 Å². The molecule has 0 radical (unpaired) electrons. The summed E-state index contributed by atoms with van der Waals surface area (Å²) < 4.78 is 16.6. The van der Waals surface area contributed by atoms with E-state index in [2.05, 4.69) is 12.1 Å². The third-order valence-corrected chi connectivity index (χ3v) is 5.65. The normalized spacial score (nSPS) is 14.6. The van der Waals surface area contributed by atoms with Gasteiger partial charge < -0.3 is 23.4 Å². The molecule has 4 rings (SSSR count). The van der Waals surface area contributed by atoms with Gasteiger partial charge in [-0.05, 0) is 37.1 Å². The van der Waals surface area contributed by atoms with Crippen LogP contribution < -0.4 is 15.1 Å². The molecule has 0 spiro atoms. The Morgan fingerprint density at radius 1 is 1.13 bits per heavy atom. The van der Waals surface area contributed by atoms with Crippen LogP contribution in [0, 0.1) is 13.8 Å². The van der Waals surface area contributed by atoms with Gasteiger partial charge in [0.2, 0.25) is 11.2 Å². The van der Waals surface area contributed by atoms with Crippen LogP contribution in [-0.2, 0) is 13.2 Å². The SMILES string of the molecule is Cc1ccc(C)c(COc2coc(C[NH+]3CCN(C(=O)c4ccco4)CC3)cc2=O)c1. The predicted octanol–water partition coefficient (Wildman–Crippen LogP) is 1.97. The molecule has 0 bridgehead atoms. The summed E-state index contributed by atoms with van der Waals surface area (Å²) in [5.41, 5.74) is 3.15. The standard InChI is InChI=1S/C24H26N2O5/c1-17-5-6-18(2)19(12-17)15-31-23-16-30-20(13-21(23)27)14-25-7-9-26(10-8-25)24(28)22-4-3-11-29-22/h3-6,11-13,16H,7-10,14-15H2,1-2H3/p+1. The Morgan fingerprint density at radius 3 is 2.65 bits per heavy atom. The van der Waals surface area contributed by atoms with Gasteiger partial charge in [0.1, 0.15) is 19.4 Å². The highest BCUT2D eigenvalue weighted by atomic mass is 16.5. The molecule has 0 saturated carbocycles. The van der Waals surface area contributed by atoms with Crippen LogP contribution >= 0.6 is 0 Å². The van der Waals surface area contributed by atoms with Gasteiger partial charge in [-0.25, -0.2) is 0 Å². The molecule has 1 fully saturated rings. The highest BCUT2D eigenvalue weighted by Crippen LogP contribution is 2.14. The molecule has 3 heterocycles. The molecule has 7 nitrogen and oxygen atoms in total. The van der Waals surface area contributed by atoms with Crippen LogP contribution in [-0.4, -0.2) is 37.0 Å². The van der Waals surface area contributed by atoms with Crippen LogP contribution in [0.15, 0.2) is 62.6 Å². The van der Waals surface area contributed by atoms with Crippen molar-refractivity contribution in [3.63, 3.8) is 0 Å². The number of nitrogens with one attached hydrogen (secondary N) is 1. The summed E-state index contributed by atoms with van der Waals surface area (Å²) in [6.07, 6.45) is 2.91. The summed E-state index contributed by atoms with van der Waals surface area (Å²) >= 11 is 0. The number of ether oxygens (including phenoxy) is 1. The Morgan fingerprint density at radius 2 is 1.94 bits per heavy atom. The summed E-state index contributed by atoms with van der Waals surface area (Å²) in [5, 5.41) is 0. The van der Waals surface area contributed by atoms with Crippen molar-refractivity contribution in [3.8, 4) is 5.75 Å². The number of benzene rings is 1. The van der Waals surface area contributed by atoms with E-state index in [9.17, 15) is 9.59 Å². The fourth-order valence-electron chi connectivity index (χ4n) is 3.75. The lowest BCUT2D eigenvalue weighted by molar-refractivity contribution is -0.918. The molecular weight excluding hydrogens is 396 g/mol. The summed E-state index contributed by atoms with van der Waals surface area (Å²) in [5.74, 6) is 1.12. The number of piperazine rings is 1. The van der Waals surface area contributed by atoms with Crippen molar-refractivity contribution < 1.29 is 23.3 Å². The molecule has 1 aromatic carbocycles. The topological polar surface area (TPSA) is 77.3 Å². The number of carbonyl (C=O) groups excluding carboxylic acids is 1. The maximum Gasteiger partial charge on any atom is 0.289 e. The van der Waals surface area contributed by atoms with Gasteiger partial charge in [0, 0.05) is 6.07 Å². The molecule has 7 heteroatoms. The fourth-order valence-corrected chi connectivity index (χ4v) is 3.75. The van der Waals surface area contributed by atoms with Crippen LogP contribution in [0.4, 0.5) is 0 Å². The minimum atomic E-state index is -0.183. The quantitative estimate of drug-likeness (QED) is 0.656. The van der Waals surface area contributed by atoms with Crippen molar-refractivity contribution in [3.05, 3.63) is 87.4 Å². The first-order chi connectivity index (χ1) is 15.0. The van der Waals surface area contributed by atoms with Crippen LogP contribution in [0.3, 0.4) is 0 Å². The van der Waals surface area contributed by atoms with E-state index in [1.54, 1.807) is 17.0 Å². The number of quaternary nitrogens is 1. The van der Waals surface area contributed by atoms with E-state index >= 15 is 0 Å². The largest absolute Gasteiger partial charge is 0.482 e. The number of amides is 1. The number of rotatable bonds is 6. The molecule has 0 unspecified atom stereocenters. The molecule has 1 aliphatic heterocycles. The zero-order chi connectivity index (χ0) is 21.8. The molecular formula is C24H27N2O5+. The monoisotopic (exact) mass is 423 g/mol. The average Bonchev–Trinajstić information content (AvgIpc) is 3.30. The van der Waals surface area contributed by atoms with Gasteiger partial charge in [-0.1, -0.05) is 23.8 Å². The average molecular weight is 423 g/mol. The van der Waals surface area contributed by atoms with Crippen LogP contribution in [0.25, 0.3) is 0 Å². The van der Waals surface area contributed by atoms with Gasteiger partial charge in [0.15, 0.2) is 11.5 Å². The number of nitrogens with zero attached hydrogens (tertiary/aromatic N) is 1. The first-order valence-electron chi connectivity index (χ1n) is 10.5. The molecule has 0 atom stereocenters. The number of hydrogen-bond donors (Lipinski definition) is 1. The first-order valence-corrected chi connectivity index (χ1v) is 10.5. The lowest BCUT2D eigenvalue weighted by atomic mass is 10.1. The van der Waals surface area contributed by atoms with Gasteiger partial charge in [-0.2, -0.15) is 0 Å². The predicted molar refractivity (Wildman–Crippen MR) is 114 cm³/mol. The molecule has 1 aliphatic rings. The lowest BCUT2D eigenvalue weighted by Crippen LogP contribution is -3.13. The molecule has 1 amide bonds. The van der Waals surface area contributed by atoms with E-state index in [-0.39, 0.29) is 17.1 Å². The third kappa shape index (κ3) is 5.06. The van der Waals surface area contributed by atoms with Crippen molar-refractivity contribution in [2.24, 2.45) is 0 Å². The van der Waals surface area contributed by atoms with Crippen molar-refractivity contribution in [1.29, 1.82) is 0 Å². The Labute approximate surface area is 180 Å². The Hall–Kier alpha value is -3.32. The maximum absolute atomic E-state index is 12.5. The number of furan rings is 1. The minimum absolute atomic E-state index is 0.0825. The molecule has 0 aliphatic carbocycles. The molecule has 2 aromatic heterocycles. The maximum atomic E-state index is 12.5. The van der Waals surface area contributed by atoms with Gasteiger partial charge in [0.05, 0.1) is 32.4 Å². The summed E-state index contributed by atoms with van der Waals surface area (Å²) in [6.45, 7) is 7.80. The minimum Gasteiger partial charge on any atom is -0.482 e. The van der Waals surface area contributed by atoms with Crippen molar-refractivity contribution in [2.75, 3.05) is 26.2 Å². The number of aryl methyl sites for hydroxylation is 2. The van der Waals surface area contributed by atoms with Crippen molar-refractivity contribution >= 4 is 5.91 Å². The van der Waals surface area contributed by atoms with Gasteiger partial charge in [-0.15, -0.1) is 0 Å². The number of hydrogen-bond acceptors (Lipinski definition) is 5. The smallest absolute Gasteiger partial charge is 0.289 e. The molecule has 31 heavy (non-hydrogen) atoms. The van der Waals surface area contributed by atoms with Gasteiger partial charge in [0.25, 0.3) is 5.91 Å². The summed E-state index contributed by atoms with van der Waals surface area (Å²) in [4.78, 5) is 27.9. The van der Waals surface area contributed by atoms with Gasteiger partial charge >= 0.3 is 0 Å². The van der Waals surface area contributed by atoms with Crippen LogP contribution in [0.1, 0.15) is 33.0 Å². The zero-order valence-electron chi connectivity index (χ0n) is 17.8. The first kappa shape index (κ1) is 20.9. The van der Waals surface area contributed by atoms with E-state index in [1.165, 1.54) is 23.5 Å². The third-order valence-electron chi connectivity index (χ3n) is 5.65. The Balaban J connectivity index is 1.31. The van der Waals surface area contributed by atoms with Crippen molar-refractivity contribution in [1.82, 2.24) is 4.90 Å². The zero-order valence-corrected chi connectivity index (χ0v) is 17.8. The van der Waals surface area contributed by atoms with E-state index in [0.717, 1.165) is 29.8 Å². The highest BCUT2D eigenvalue weighted by Gasteiger charge is 2.26. The van der Waals surface area contributed by atoms with E-state index < -0.39 is 0 Å². The summed E-state index contributed by atoms with van der Waals surface area (Å²) in [7, 11) is 0. The second-order valence-corrected chi connectivity index (χ2v) is 7.99. The molecule has 3 aromatic rings. The van der Waals surface area contributed by atoms with Gasteiger partial charge in [-0.3, -0.25) is 9.59 Å². The number of carbonyl (C=O) groups is 1. The van der Waals surface area contributed by atoms with E-state index in [0.29, 0.717) is 37.8 Å². The fraction of sp³-hybridized carbons (Fsp3) is 0.333. The van der Waals surface area contributed by atoms with Crippen LogP contribution in [0.2, 0.25) is 0 Å². The second kappa shape index (κ2) is 9.22.